The molecule has 0 N–H and O–H groups in total. The first-order valence-corrected chi connectivity index (χ1v) is 8.08. The Hall–Kier alpha value is -1.60. The fourth-order valence-electron chi connectivity index (χ4n) is 2.19. The third-order valence-corrected chi connectivity index (χ3v) is 4.53. The molecule has 0 fully saturated rings. The van der Waals surface area contributed by atoms with Crippen molar-refractivity contribution in [3.8, 4) is 0 Å². The molecule has 0 saturated carbocycles. The van der Waals surface area contributed by atoms with Crippen molar-refractivity contribution in [1.82, 2.24) is 5.01 Å². The smallest absolute Gasteiger partial charge is 0.243 e. The van der Waals surface area contributed by atoms with Gasteiger partial charge in [-0.25, -0.2) is 0 Å². The van der Waals surface area contributed by atoms with Crippen LogP contribution in [0.4, 0.5) is 0 Å². The molecule has 0 spiro atoms. The Morgan fingerprint density at radius 3 is 2.59 bits per heavy atom. The number of hydrazone groups is 1. The number of ether oxygens (including phenoxy) is 1. The summed E-state index contributed by atoms with van der Waals surface area (Å²) in [6.07, 6.45) is -0.641. The van der Waals surface area contributed by atoms with Crippen molar-refractivity contribution < 1.29 is 9.53 Å². The van der Waals surface area contributed by atoms with E-state index in [1.165, 1.54) is 11.9 Å². The zero-order valence-corrected chi connectivity index (χ0v) is 14.6. The van der Waals surface area contributed by atoms with Gasteiger partial charge in [0.2, 0.25) is 18.0 Å². The lowest BCUT2D eigenvalue weighted by atomic mass is 10.2. The van der Waals surface area contributed by atoms with Gasteiger partial charge in [0, 0.05) is 21.1 Å². The molecule has 1 aliphatic rings. The van der Waals surface area contributed by atoms with Crippen molar-refractivity contribution in [2.24, 2.45) is 5.10 Å². The van der Waals surface area contributed by atoms with Gasteiger partial charge in [-0.1, -0.05) is 41.9 Å². The highest BCUT2D eigenvalue weighted by Crippen LogP contribution is 2.34. The highest BCUT2D eigenvalue weighted by molar-refractivity contribution is 14.1. The van der Waals surface area contributed by atoms with Crippen LogP contribution in [0.1, 0.15) is 24.3 Å². The van der Waals surface area contributed by atoms with E-state index in [2.05, 4.69) is 27.7 Å². The average molecular weight is 427 g/mol. The molecule has 6 heteroatoms. The van der Waals surface area contributed by atoms with Crippen LogP contribution in [0, 0.1) is 3.57 Å². The number of halogens is 2. The van der Waals surface area contributed by atoms with Crippen LogP contribution in [0.2, 0.25) is 5.02 Å². The summed E-state index contributed by atoms with van der Waals surface area (Å²) in [4.78, 5) is 11.9. The van der Waals surface area contributed by atoms with Crippen molar-refractivity contribution in [3.63, 3.8) is 0 Å². The standard InChI is InChI=1S/C16H12ClIN2O2/c1-10(21)20-16(11-6-2-4-8-13(11)17)22-15(19-20)12-7-3-5-9-14(12)18/h2-9,16H,1H3/t16-/m0/s1. The van der Waals surface area contributed by atoms with E-state index in [0.717, 1.165) is 9.13 Å². The summed E-state index contributed by atoms with van der Waals surface area (Å²) in [7, 11) is 0. The average Bonchev–Trinajstić information content (AvgIpc) is 2.93. The van der Waals surface area contributed by atoms with Crippen molar-refractivity contribution >= 4 is 46.0 Å². The van der Waals surface area contributed by atoms with Crippen LogP contribution in [0.15, 0.2) is 53.6 Å². The molecule has 0 unspecified atom stereocenters. The third-order valence-electron chi connectivity index (χ3n) is 3.24. The zero-order valence-electron chi connectivity index (χ0n) is 11.7. The summed E-state index contributed by atoms with van der Waals surface area (Å²) < 4.78 is 6.94. The highest BCUT2D eigenvalue weighted by Gasteiger charge is 2.34. The number of amides is 1. The topological polar surface area (TPSA) is 41.9 Å². The minimum Gasteiger partial charge on any atom is -0.446 e. The van der Waals surface area contributed by atoms with Crippen LogP contribution >= 0.6 is 34.2 Å². The van der Waals surface area contributed by atoms with Gasteiger partial charge in [-0.2, -0.15) is 5.01 Å². The van der Waals surface area contributed by atoms with Gasteiger partial charge in [0.05, 0.1) is 5.56 Å². The molecule has 1 aliphatic heterocycles. The SMILES string of the molecule is CC(=O)N1N=C(c2ccccc2I)O[C@H]1c1ccccc1Cl. The summed E-state index contributed by atoms with van der Waals surface area (Å²) in [5, 5.41) is 6.19. The minimum absolute atomic E-state index is 0.203. The molecule has 0 saturated heterocycles. The minimum atomic E-state index is -0.641. The van der Waals surface area contributed by atoms with Crippen LogP contribution in [0.5, 0.6) is 0 Å². The van der Waals surface area contributed by atoms with E-state index in [0.29, 0.717) is 16.5 Å². The molecule has 112 valence electrons. The summed E-state index contributed by atoms with van der Waals surface area (Å²) in [5.74, 6) is 0.218. The lowest BCUT2D eigenvalue weighted by Crippen LogP contribution is -2.25. The molecule has 4 nitrogen and oxygen atoms in total. The Labute approximate surface area is 146 Å². The van der Waals surface area contributed by atoms with Gasteiger partial charge in [-0.3, -0.25) is 4.79 Å². The fourth-order valence-corrected chi connectivity index (χ4v) is 3.03. The van der Waals surface area contributed by atoms with E-state index >= 15 is 0 Å². The molecule has 3 rings (SSSR count). The van der Waals surface area contributed by atoms with Crippen molar-refractivity contribution in [2.75, 3.05) is 0 Å². The molecule has 0 radical (unpaired) electrons. The summed E-state index contributed by atoms with van der Waals surface area (Å²) in [6.45, 7) is 1.45. The maximum atomic E-state index is 11.9. The van der Waals surface area contributed by atoms with Crippen LogP contribution in [-0.4, -0.2) is 16.8 Å². The van der Waals surface area contributed by atoms with Crippen molar-refractivity contribution in [1.29, 1.82) is 0 Å². The summed E-state index contributed by atoms with van der Waals surface area (Å²) in [5.41, 5.74) is 1.56. The van der Waals surface area contributed by atoms with Crippen LogP contribution in [-0.2, 0) is 9.53 Å². The van der Waals surface area contributed by atoms with E-state index in [9.17, 15) is 4.79 Å². The molecule has 2 aromatic carbocycles. The molecule has 0 aromatic heterocycles. The molecule has 1 amide bonds. The van der Waals surface area contributed by atoms with Crippen molar-refractivity contribution in [2.45, 2.75) is 13.2 Å². The molecule has 1 heterocycles. The lowest BCUT2D eigenvalue weighted by molar-refractivity contribution is -0.135. The Kier molecular flexibility index (Phi) is 4.35. The highest BCUT2D eigenvalue weighted by atomic mass is 127. The normalized spacial score (nSPS) is 17.1. The van der Waals surface area contributed by atoms with Crippen LogP contribution < -0.4 is 0 Å². The van der Waals surface area contributed by atoms with Gasteiger partial charge in [0.1, 0.15) is 0 Å². The van der Waals surface area contributed by atoms with Crippen LogP contribution in [0.25, 0.3) is 0 Å². The Morgan fingerprint density at radius 2 is 1.91 bits per heavy atom. The summed E-state index contributed by atoms with van der Waals surface area (Å²) in [6, 6.07) is 15.0. The number of hydrogen-bond acceptors (Lipinski definition) is 3. The van der Waals surface area contributed by atoms with Gasteiger partial charge in [0.15, 0.2) is 0 Å². The van der Waals surface area contributed by atoms with E-state index < -0.39 is 6.23 Å². The molecular weight excluding hydrogens is 415 g/mol. The van der Waals surface area contributed by atoms with E-state index in [1.54, 1.807) is 6.07 Å². The van der Waals surface area contributed by atoms with Gasteiger partial charge in [-0.05, 0) is 40.8 Å². The number of carbonyl (C=O) groups is 1. The molecular formula is C16H12ClIN2O2. The maximum absolute atomic E-state index is 11.9. The zero-order chi connectivity index (χ0) is 15.7. The predicted molar refractivity (Wildman–Crippen MR) is 93.5 cm³/mol. The number of benzene rings is 2. The predicted octanol–water partition coefficient (Wildman–Crippen LogP) is 4.18. The van der Waals surface area contributed by atoms with E-state index in [4.69, 9.17) is 16.3 Å². The van der Waals surface area contributed by atoms with Crippen molar-refractivity contribution in [3.05, 3.63) is 68.3 Å². The molecule has 2 aromatic rings. The fraction of sp³-hybridized carbons (Fsp3) is 0.125. The van der Waals surface area contributed by atoms with E-state index in [1.807, 2.05) is 42.5 Å². The number of carbonyl (C=O) groups excluding carboxylic acids is 1. The first kappa shape index (κ1) is 15.3. The molecule has 0 aliphatic carbocycles. The molecule has 0 bridgehead atoms. The number of rotatable bonds is 2. The third kappa shape index (κ3) is 2.83. The largest absolute Gasteiger partial charge is 0.446 e. The summed E-state index contributed by atoms with van der Waals surface area (Å²) >= 11 is 8.44. The maximum Gasteiger partial charge on any atom is 0.243 e. The molecule has 1 atom stereocenters. The quantitative estimate of drug-likeness (QED) is 0.676. The second-order valence-electron chi connectivity index (χ2n) is 4.74. The lowest BCUT2D eigenvalue weighted by Gasteiger charge is -2.20. The number of nitrogens with zero attached hydrogens (tertiary/aromatic N) is 2. The second kappa shape index (κ2) is 6.26. The second-order valence-corrected chi connectivity index (χ2v) is 6.31. The Bertz CT molecular complexity index is 763. The first-order chi connectivity index (χ1) is 10.6. The Balaban J connectivity index is 2.01. The van der Waals surface area contributed by atoms with Gasteiger partial charge < -0.3 is 4.74 Å². The van der Waals surface area contributed by atoms with E-state index in [-0.39, 0.29) is 5.91 Å². The van der Waals surface area contributed by atoms with Gasteiger partial charge >= 0.3 is 0 Å². The van der Waals surface area contributed by atoms with Gasteiger partial charge in [-0.15, -0.1) is 5.10 Å². The molecule has 22 heavy (non-hydrogen) atoms. The van der Waals surface area contributed by atoms with Crippen LogP contribution in [0.3, 0.4) is 0 Å². The van der Waals surface area contributed by atoms with Gasteiger partial charge in [0.25, 0.3) is 0 Å². The number of hydrogen-bond donors (Lipinski definition) is 0. The first-order valence-electron chi connectivity index (χ1n) is 6.62. The Morgan fingerprint density at radius 1 is 1.23 bits per heavy atom. The monoisotopic (exact) mass is 426 g/mol.